The SMILES string of the molecule is CCn1cc(C(=O)O)c(-c2ccc(F)cn2)n1. The summed E-state index contributed by atoms with van der Waals surface area (Å²) in [6.07, 6.45) is 2.47. The van der Waals surface area contributed by atoms with Crippen molar-refractivity contribution in [1.82, 2.24) is 14.8 Å². The highest BCUT2D eigenvalue weighted by Gasteiger charge is 2.17. The van der Waals surface area contributed by atoms with Gasteiger partial charge in [-0.25, -0.2) is 9.18 Å². The van der Waals surface area contributed by atoms with Crippen LogP contribution >= 0.6 is 0 Å². The number of carbonyl (C=O) groups is 1. The molecule has 0 fully saturated rings. The minimum absolute atomic E-state index is 0.0611. The van der Waals surface area contributed by atoms with Crippen LogP contribution < -0.4 is 0 Å². The molecule has 2 heterocycles. The van der Waals surface area contributed by atoms with E-state index < -0.39 is 11.8 Å². The highest BCUT2D eigenvalue weighted by atomic mass is 19.1. The summed E-state index contributed by atoms with van der Waals surface area (Å²) >= 11 is 0. The smallest absolute Gasteiger partial charge is 0.339 e. The Balaban J connectivity index is 2.53. The van der Waals surface area contributed by atoms with Gasteiger partial charge in [0.1, 0.15) is 17.1 Å². The Kier molecular flexibility index (Phi) is 2.86. The Morgan fingerprint density at radius 3 is 2.82 bits per heavy atom. The van der Waals surface area contributed by atoms with Crippen LogP contribution in [-0.4, -0.2) is 25.8 Å². The molecule has 0 bridgehead atoms. The second-order valence-corrected chi connectivity index (χ2v) is 3.41. The quantitative estimate of drug-likeness (QED) is 0.880. The molecule has 1 N–H and O–H groups in total. The maximum absolute atomic E-state index is 12.7. The van der Waals surface area contributed by atoms with Crippen LogP contribution in [0.1, 0.15) is 17.3 Å². The summed E-state index contributed by atoms with van der Waals surface area (Å²) in [5.41, 5.74) is 0.654. The Morgan fingerprint density at radius 2 is 2.29 bits per heavy atom. The van der Waals surface area contributed by atoms with Crippen molar-refractivity contribution in [1.29, 1.82) is 0 Å². The first-order valence-electron chi connectivity index (χ1n) is 5.04. The second kappa shape index (κ2) is 4.32. The number of carboxylic acids is 1. The first-order chi connectivity index (χ1) is 8.11. The van der Waals surface area contributed by atoms with Crippen LogP contribution in [-0.2, 0) is 6.54 Å². The molecular formula is C11H10FN3O2. The van der Waals surface area contributed by atoms with Gasteiger partial charge in [0.05, 0.1) is 11.9 Å². The minimum atomic E-state index is -1.08. The van der Waals surface area contributed by atoms with Crippen molar-refractivity contribution in [3.05, 3.63) is 35.9 Å². The third-order valence-corrected chi connectivity index (χ3v) is 2.29. The molecule has 2 rings (SSSR count). The zero-order valence-electron chi connectivity index (χ0n) is 9.09. The lowest BCUT2D eigenvalue weighted by molar-refractivity contribution is 0.0697. The van der Waals surface area contributed by atoms with E-state index in [1.165, 1.54) is 23.0 Å². The van der Waals surface area contributed by atoms with Crippen molar-refractivity contribution in [3.63, 3.8) is 0 Å². The lowest BCUT2D eigenvalue weighted by Gasteiger charge is -1.97. The van der Waals surface area contributed by atoms with Crippen molar-refractivity contribution in [3.8, 4) is 11.4 Å². The van der Waals surface area contributed by atoms with Gasteiger partial charge in [0.15, 0.2) is 0 Å². The first-order valence-corrected chi connectivity index (χ1v) is 5.04. The molecule has 0 radical (unpaired) electrons. The molecule has 0 aliphatic carbocycles. The molecule has 6 heteroatoms. The number of aromatic nitrogens is 3. The topological polar surface area (TPSA) is 68.0 Å². The van der Waals surface area contributed by atoms with E-state index >= 15 is 0 Å². The maximum Gasteiger partial charge on any atom is 0.339 e. The molecule has 0 aromatic carbocycles. The average Bonchev–Trinajstić information content (AvgIpc) is 2.74. The van der Waals surface area contributed by atoms with Crippen molar-refractivity contribution >= 4 is 5.97 Å². The number of pyridine rings is 1. The molecule has 0 atom stereocenters. The monoisotopic (exact) mass is 235 g/mol. The number of aryl methyl sites for hydroxylation is 1. The van der Waals surface area contributed by atoms with Crippen LogP contribution in [0.5, 0.6) is 0 Å². The summed E-state index contributed by atoms with van der Waals surface area (Å²) in [7, 11) is 0. The van der Waals surface area contributed by atoms with Crippen molar-refractivity contribution in [2.24, 2.45) is 0 Å². The summed E-state index contributed by atoms with van der Waals surface area (Å²) in [6.45, 7) is 2.40. The van der Waals surface area contributed by atoms with Crippen LogP contribution in [0.3, 0.4) is 0 Å². The van der Waals surface area contributed by atoms with Crippen LogP contribution in [0.2, 0.25) is 0 Å². The molecule has 17 heavy (non-hydrogen) atoms. The van der Waals surface area contributed by atoms with Crippen molar-refractivity contribution < 1.29 is 14.3 Å². The predicted octanol–water partition coefficient (Wildman–Crippen LogP) is 1.80. The molecular weight excluding hydrogens is 225 g/mol. The number of aromatic carboxylic acids is 1. The number of nitrogens with zero attached hydrogens (tertiary/aromatic N) is 3. The molecule has 0 aliphatic heterocycles. The Bertz CT molecular complexity index is 548. The molecule has 0 spiro atoms. The number of hydrogen-bond donors (Lipinski definition) is 1. The zero-order valence-corrected chi connectivity index (χ0v) is 9.09. The largest absolute Gasteiger partial charge is 0.478 e. The van der Waals surface area contributed by atoms with E-state index in [-0.39, 0.29) is 11.3 Å². The first kappa shape index (κ1) is 11.3. The molecule has 0 saturated heterocycles. The van der Waals surface area contributed by atoms with Gasteiger partial charge in [0, 0.05) is 12.7 Å². The number of rotatable bonds is 3. The lowest BCUT2D eigenvalue weighted by Crippen LogP contribution is -1.97. The second-order valence-electron chi connectivity index (χ2n) is 3.41. The third-order valence-electron chi connectivity index (χ3n) is 2.29. The number of halogens is 1. The zero-order chi connectivity index (χ0) is 12.4. The summed E-state index contributed by atoms with van der Waals surface area (Å²) < 4.78 is 14.2. The molecule has 0 unspecified atom stereocenters. The number of hydrogen-bond acceptors (Lipinski definition) is 3. The Hall–Kier alpha value is -2.24. The predicted molar refractivity (Wildman–Crippen MR) is 58.0 cm³/mol. The van der Waals surface area contributed by atoms with Gasteiger partial charge >= 0.3 is 5.97 Å². The Labute approximate surface area is 96.5 Å². The molecule has 88 valence electrons. The van der Waals surface area contributed by atoms with E-state index in [0.29, 0.717) is 12.2 Å². The molecule has 2 aromatic rings. The van der Waals surface area contributed by atoms with Crippen LogP contribution in [0.15, 0.2) is 24.5 Å². The van der Waals surface area contributed by atoms with Crippen molar-refractivity contribution in [2.75, 3.05) is 0 Å². The lowest BCUT2D eigenvalue weighted by atomic mass is 10.2. The molecule has 0 aliphatic rings. The van der Waals surface area contributed by atoms with E-state index in [1.807, 2.05) is 6.92 Å². The highest BCUT2D eigenvalue weighted by molar-refractivity contribution is 5.94. The van der Waals surface area contributed by atoms with E-state index in [1.54, 1.807) is 0 Å². The Morgan fingerprint density at radius 1 is 1.53 bits per heavy atom. The normalized spacial score (nSPS) is 10.5. The van der Waals surface area contributed by atoms with Gasteiger partial charge in [-0.15, -0.1) is 0 Å². The fourth-order valence-corrected chi connectivity index (χ4v) is 1.44. The van der Waals surface area contributed by atoms with Gasteiger partial charge in [-0.3, -0.25) is 9.67 Å². The van der Waals surface area contributed by atoms with Gasteiger partial charge in [-0.1, -0.05) is 0 Å². The van der Waals surface area contributed by atoms with Gasteiger partial charge in [-0.2, -0.15) is 5.10 Å². The van der Waals surface area contributed by atoms with Gasteiger partial charge < -0.3 is 5.11 Å². The average molecular weight is 235 g/mol. The fourth-order valence-electron chi connectivity index (χ4n) is 1.44. The van der Waals surface area contributed by atoms with E-state index in [9.17, 15) is 9.18 Å². The highest BCUT2D eigenvalue weighted by Crippen LogP contribution is 2.20. The van der Waals surface area contributed by atoms with Crippen LogP contribution in [0.25, 0.3) is 11.4 Å². The number of carboxylic acid groups (broad SMARTS) is 1. The van der Waals surface area contributed by atoms with Gasteiger partial charge in [-0.05, 0) is 19.1 Å². The summed E-state index contributed by atoms with van der Waals surface area (Å²) in [5.74, 6) is -1.55. The third kappa shape index (κ3) is 2.15. The summed E-state index contributed by atoms with van der Waals surface area (Å²) in [4.78, 5) is 14.9. The molecule has 2 aromatic heterocycles. The van der Waals surface area contributed by atoms with E-state index in [0.717, 1.165) is 6.20 Å². The summed E-state index contributed by atoms with van der Waals surface area (Å²) in [5, 5.41) is 13.1. The summed E-state index contributed by atoms with van der Waals surface area (Å²) in [6, 6.07) is 2.63. The van der Waals surface area contributed by atoms with E-state index in [2.05, 4.69) is 10.1 Å². The molecule has 0 amide bonds. The molecule has 5 nitrogen and oxygen atoms in total. The van der Waals surface area contributed by atoms with Crippen LogP contribution in [0, 0.1) is 5.82 Å². The van der Waals surface area contributed by atoms with Crippen molar-refractivity contribution in [2.45, 2.75) is 13.5 Å². The maximum atomic E-state index is 12.7. The fraction of sp³-hybridized carbons (Fsp3) is 0.182. The van der Waals surface area contributed by atoms with Crippen LogP contribution in [0.4, 0.5) is 4.39 Å². The van der Waals surface area contributed by atoms with E-state index in [4.69, 9.17) is 5.11 Å². The molecule has 0 saturated carbocycles. The van der Waals surface area contributed by atoms with Gasteiger partial charge in [0.2, 0.25) is 0 Å². The minimum Gasteiger partial charge on any atom is -0.478 e. The standard InChI is InChI=1S/C11H10FN3O2/c1-2-15-6-8(11(16)17)10(14-15)9-4-3-7(12)5-13-9/h3-6H,2H2,1H3,(H,16,17). The van der Waals surface area contributed by atoms with Gasteiger partial charge in [0.25, 0.3) is 0 Å².